The Morgan fingerprint density at radius 2 is 1.49 bits per heavy atom. The van der Waals surface area contributed by atoms with Crippen molar-refractivity contribution in [1.82, 2.24) is 14.7 Å². The predicted octanol–water partition coefficient (Wildman–Crippen LogP) is 9.14. The fourth-order valence-corrected chi connectivity index (χ4v) is 6.62. The lowest BCUT2D eigenvalue weighted by molar-refractivity contribution is -0.348. The van der Waals surface area contributed by atoms with Gasteiger partial charge in [-0.15, -0.1) is 13.2 Å². The lowest BCUT2D eigenvalue weighted by atomic mass is 9.93. The Morgan fingerprint density at radius 1 is 0.885 bits per heavy atom. The fraction of sp³-hybridized carbons (Fsp3) is 0.389. The number of rotatable bonds is 12. The highest BCUT2D eigenvalue weighted by Gasteiger charge is 2.73. The number of carboxylic acid groups (broad SMARTS) is 1. The summed E-state index contributed by atoms with van der Waals surface area (Å²) >= 11 is 12.3. The summed E-state index contributed by atoms with van der Waals surface area (Å²) in [7, 11) is 0. The molecule has 0 atom stereocenters. The molecule has 0 radical (unpaired) electrons. The molecule has 13 nitrogen and oxygen atoms in total. The van der Waals surface area contributed by atoms with Crippen LogP contribution in [0.25, 0.3) is 16.8 Å². The average molecular weight is 920 g/mol. The van der Waals surface area contributed by atoms with Gasteiger partial charge in [0.1, 0.15) is 23.4 Å². The normalized spacial score (nSPS) is 17.9. The minimum Gasteiger partial charge on any atom is -0.478 e. The number of carbonyl (C=O) groups excluding carboxylic acids is 3. The van der Waals surface area contributed by atoms with Crippen LogP contribution in [0.5, 0.6) is 5.75 Å². The second-order valence-electron chi connectivity index (χ2n) is 13.4. The quantitative estimate of drug-likeness (QED) is 0.0796. The van der Waals surface area contributed by atoms with Gasteiger partial charge in [0.15, 0.2) is 12.5 Å². The molecule has 0 aliphatic heterocycles. The molecule has 1 aromatic heterocycles. The highest BCUT2D eigenvalue weighted by molar-refractivity contribution is 6.34. The van der Waals surface area contributed by atoms with E-state index < -0.39 is 101 Å². The van der Waals surface area contributed by atoms with Crippen LogP contribution in [-0.2, 0) is 29.5 Å². The lowest BCUT2D eigenvalue weighted by Gasteiger charge is -2.31. The Hall–Kier alpha value is -5.76. The van der Waals surface area contributed by atoms with Crippen molar-refractivity contribution < 1.29 is 87.1 Å². The molecule has 0 bridgehead atoms. The molecule has 2 aromatic carbocycles. The summed E-state index contributed by atoms with van der Waals surface area (Å²) in [4.78, 5) is 49.8. The Labute approximate surface area is 345 Å². The molecule has 3 aromatic rings. The third-order valence-electron chi connectivity index (χ3n) is 9.31. The van der Waals surface area contributed by atoms with Gasteiger partial charge in [-0.1, -0.05) is 29.3 Å². The fourth-order valence-electron chi connectivity index (χ4n) is 6.13. The largest absolute Gasteiger partial charge is 0.573 e. The first-order chi connectivity index (χ1) is 28.3. The Balaban J connectivity index is 1.36. The monoisotopic (exact) mass is 918 g/mol. The summed E-state index contributed by atoms with van der Waals surface area (Å²) in [5.74, 6) is -4.96. The number of halogens is 12. The van der Waals surface area contributed by atoms with E-state index in [1.54, 1.807) is 0 Å². The van der Waals surface area contributed by atoms with Gasteiger partial charge in [-0.25, -0.2) is 23.5 Å². The molecule has 5 rings (SSSR count). The van der Waals surface area contributed by atoms with Crippen LogP contribution in [0.3, 0.4) is 0 Å². The maximum absolute atomic E-state index is 14.9. The van der Waals surface area contributed by atoms with E-state index in [-0.39, 0.29) is 66.3 Å². The maximum Gasteiger partial charge on any atom is 0.573 e. The molecule has 25 heteroatoms. The van der Waals surface area contributed by atoms with Crippen LogP contribution in [-0.4, -0.2) is 87.0 Å². The van der Waals surface area contributed by atoms with Gasteiger partial charge in [0, 0.05) is 29.5 Å². The minimum absolute atomic E-state index is 0.0308. The zero-order valence-corrected chi connectivity index (χ0v) is 31.9. The summed E-state index contributed by atoms with van der Waals surface area (Å²) in [5.41, 5.74) is -11.4. The number of aromatic nitrogens is 2. The highest BCUT2D eigenvalue weighted by Crippen LogP contribution is 2.55. The minimum atomic E-state index is -6.71. The third kappa shape index (κ3) is 10.4. The number of nitriles is 1. The van der Waals surface area contributed by atoms with Crippen molar-refractivity contribution >= 4 is 47.2 Å². The van der Waals surface area contributed by atoms with Crippen molar-refractivity contribution in [2.75, 3.05) is 6.73 Å². The topological polar surface area (TPSA) is 170 Å². The van der Waals surface area contributed by atoms with E-state index in [0.717, 1.165) is 29.4 Å². The number of hydrogen-bond donors (Lipinski definition) is 1. The first kappa shape index (κ1) is 46.3. The number of esters is 1. The van der Waals surface area contributed by atoms with E-state index in [4.69, 9.17) is 42.5 Å². The van der Waals surface area contributed by atoms with Crippen molar-refractivity contribution in [3.63, 3.8) is 0 Å². The standard InChI is InChI=1S/C36H26Cl2F10N4O9/c37-24-6-1-18(19-14-50-52(15-19)29-25(38)12-20(13-26(29)61-36(46,47)48)33(39,34(40,41)42)35(43,44)45)11-23(24)30(56)51(32(16-49)9-10-32)17-58-31(57)60-22-4-2-21(3-5-22)59-28(55)8-7-27(53)54/h1,6-8,11-15,21-22H,2-5,9-10,17H2,(H,53,54)/b8-7+/t21-,22+. The van der Waals surface area contributed by atoms with Gasteiger partial charge in [0.05, 0.1) is 27.9 Å². The number of carbonyl (C=O) groups is 4. The SMILES string of the molecule is N#CC1(N(COC(=O)O[C@H]2CC[C@@H](OC(=O)/C=C/C(=O)O)CC2)C(=O)c2cc(-c3cnn(-c4c(Cl)cc(C(F)(C(F)(F)F)C(F)(F)F)cc4OC(F)(F)F)c3)ccc2Cl)CC1. The van der Waals surface area contributed by atoms with E-state index in [1.165, 1.54) is 12.1 Å². The number of amides is 1. The van der Waals surface area contributed by atoms with Crippen molar-refractivity contribution in [2.45, 2.75) is 80.7 Å². The molecular weight excluding hydrogens is 893 g/mol. The third-order valence-corrected chi connectivity index (χ3v) is 9.93. The molecule has 0 saturated heterocycles. The van der Waals surface area contributed by atoms with Crippen LogP contribution in [0, 0.1) is 11.3 Å². The number of hydrogen-bond acceptors (Lipinski definition) is 10. The van der Waals surface area contributed by atoms with Crippen molar-refractivity contribution in [1.29, 1.82) is 5.26 Å². The number of ether oxygens (including phenoxy) is 4. The van der Waals surface area contributed by atoms with E-state index in [1.807, 2.05) is 6.07 Å². The van der Waals surface area contributed by atoms with Gasteiger partial charge >= 0.3 is 42.5 Å². The van der Waals surface area contributed by atoms with Gasteiger partial charge in [0.25, 0.3) is 5.91 Å². The molecule has 328 valence electrons. The van der Waals surface area contributed by atoms with Crippen molar-refractivity contribution in [3.05, 3.63) is 76.0 Å². The van der Waals surface area contributed by atoms with E-state index in [2.05, 4.69) is 9.84 Å². The molecule has 0 unspecified atom stereocenters. The lowest BCUT2D eigenvalue weighted by Crippen LogP contribution is -2.50. The molecule has 2 fully saturated rings. The average Bonchev–Trinajstić information content (AvgIpc) is 3.80. The molecule has 1 amide bonds. The van der Waals surface area contributed by atoms with Crippen molar-refractivity contribution in [3.8, 4) is 28.6 Å². The Kier molecular flexibility index (Phi) is 13.1. The van der Waals surface area contributed by atoms with Gasteiger partial charge in [-0.3, -0.25) is 9.69 Å². The Bertz CT molecular complexity index is 2250. The van der Waals surface area contributed by atoms with Crippen LogP contribution < -0.4 is 4.74 Å². The van der Waals surface area contributed by atoms with Gasteiger partial charge in [0.2, 0.25) is 0 Å². The molecule has 2 saturated carbocycles. The predicted molar refractivity (Wildman–Crippen MR) is 186 cm³/mol. The molecular formula is C36H26Cl2F10N4O9. The number of aliphatic carboxylic acids is 1. The molecule has 2 aliphatic carbocycles. The van der Waals surface area contributed by atoms with Crippen molar-refractivity contribution in [2.24, 2.45) is 0 Å². The first-order valence-electron chi connectivity index (χ1n) is 17.2. The molecule has 0 spiro atoms. The summed E-state index contributed by atoms with van der Waals surface area (Å²) in [6, 6.07) is 4.91. The number of benzene rings is 2. The molecule has 2 aliphatic rings. The first-order valence-corrected chi connectivity index (χ1v) is 18.0. The molecule has 1 heterocycles. The Morgan fingerprint density at radius 3 is 2.03 bits per heavy atom. The second kappa shape index (κ2) is 17.3. The van der Waals surface area contributed by atoms with E-state index in [0.29, 0.717) is 10.8 Å². The highest BCUT2D eigenvalue weighted by atomic mass is 35.5. The molecule has 61 heavy (non-hydrogen) atoms. The van der Waals surface area contributed by atoms with Gasteiger partial charge in [-0.2, -0.15) is 36.7 Å². The number of alkyl halides is 10. The van der Waals surface area contributed by atoms with Gasteiger partial charge in [-0.05, 0) is 68.4 Å². The van der Waals surface area contributed by atoms with Gasteiger partial charge < -0.3 is 24.1 Å². The summed E-state index contributed by atoms with van der Waals surface area (Å²) in [5, 5.41) is 20.8. The summed E-state index contributed by atoms with van der Waals surface area (Å²) < 4.78 is 156. The van der Waals surface area contributed by atoms with Crippen LogP contribution in [0.2, 0.25) is 10.0 Å². The summed E-state index contributed by atoms with van der Waals surface area (Å²) in [6.07, 6.45) is -17.2. The zero-order valence-electron chi connectivity index (χ0n) is 30.3. The number of carboxylic acids is 1. The van der Waals surface area contributed by atoms with Crippen LogP contribution in [0.1, 0.15) is 54.4 Å². The van der Waals surface area contributed by atoms with E-state index in [9.17, 15) is 68.3 Å². The molecule has 1 N–H and O–H groups in total. The zero-order chi connectivity index (χ0) is 45.3. The maximum atomic E-state index is 14.9. The smallest absolute Gasteiger partial charge is 0.478 e. The van der Waals surface area contributed by atoms with Crippen LogP contribution in [0.4, 0.5) is 48.7 Å². The van der Waals surface area contributed by atoms with E-state index >= 15 is 0 Å². The second-order valence-corrected chi connectivity index (χ2v) is 14.2. The van der Waals surface area contributed by atoms with Crippen LogP contribution >= 0.6 is 23.2 Å². The summed E-state index contributed by atoms with van der Waals surface area (Å²) in [6.45, 7) is -0.814. The van der Waals surface area contributed by atoms with Crippen LogP contribution in [0.15, 0.2) is 54.9 Å². The number of nitrogens with zero attached hydrogens (tertiary/aromatic N) is 4.